The topological polar surface area (TPSA) is 218 Å². The van der Waals surface area contributed by atoms with Crippen molar-refractivity contribution in [3.8, 4) is 0 Å². The predicted molar refractivity (Wildman–Crippen MR) is 86.2 cm³/mol. The predicted octanol–water partition coefficient (Wildman–Crippen LogP) is -1.14. The molecule has 0 saturated carbocycles. The van der Waals surface area contributed by atoms with Gasteiger partial charge in [-0.05, 0) is 12.2 Å². The molecule has 2 rings (SSSR count). The van der Waals surface area contributed by atoms with E-state index in [1.54, 1.807) is 0 Å². The van der Waals surface area contributed by atoms with Crippen LogP contribution in [0.4, 0.5) is 4.39 Å². The van der Waals surface area contributed by atoms with E-state index in [0.29, 0.717) is 6.20 Å². The Morgan fingerprint density at radius 2 is 2.11 bits per heavy atom. The molecule has 0 aliphatic carbocycles. The molecule has 5 atom stereocenters. The summed E-state index contributed by atoms with van der Waals surface area (Å²) in [6.45, 7) is -4.30. The lowest BCUT2D eigenvalue weighted by atomic mass is 10.1. The van der Waals surface area contributed by atoms with E-state index in [9.17, 15) is 33.8 Å². The fourth-order valence-corrected chi connectivity index (χ4v) is 3.57. The summed E-state index contributed by atoms with van der Waals surface area (Å²) >= 11 is 4.72. The second-order valence-electron chi connectivity index (χ2n) is 5.04. The summed E-state index contributed by atoms with van der Waals surface area (Å²) in [5.74, 6) is -4.36. The van der Waals surface area contributed by atoms with Crippen LogP contribution in [0.25, 0.3) is 0 Å². The molecule has 1 fully saturated rings. The van der Waals surface area contributed by atoms with Crippen molar-refractivity contribution in [2.75, 3.05) is 6.56 Å². The number of carbonyl (C=O) groups is 1. The Morgan fingerprint density at radius 1 is 1.50 bits per heavy atom. The fourth-order valence-electron chi connectivity index (χ4n) is 1.89. The van der Waals surface area contributed by atoms with Crippen molar-refractivity contribution in [1.29, 1.82) is 0 Å². The number of aliphatic hydroxyl groups excluding tert-OH is 2. The average molecular weight is 469 g/mol. The van der Waals surface area contributed by atoms with Gasteiger partial charge in [-0.25, -0.2) is 13.5 Å². The number of aromatic nitrogens is 2. The number of nitrogens with zero attached hydrogens (tertiary/aromatic N) is 1. The minimum Gasteiger partial charge on any atom is -0.385 e. The number of aldehydes is 1. The van der Waals surface area contributed by atoms with Crippen LogP contribution in [0.3, 0.4) is 0 Å². The average Bonchev–Trinajstić information content (AvgIpc) is 2.74. The number of phosphoric ester groups is 1. The van der Waals surface area contributed by atoms with Crippen molar-refractivity contribution < 1.29 is 60.9 Å². The molecule has 1 aromatic rings. The molecular weight excluding hydrogens is 453 g/mol. The fraction of sp³-hybridized carbons (Fsp3) is 0.500. The number of ether oxygens (including phenoxy) is 1. The number of hydrogen-bond donors (Lipinski definition) is 6. The van der Waals surface area contributed by atoms with Crippen LogP contribution in [0.1, 0.15) is 20.7 Å². The number of hydrogen-bond acceptors (Lipinski definition) is 10. The largest absolute Gasteiger partial charge is 0.481 e. The Balaban J connectivity index is 2.54. The van der Waals surface area contributed by atoms with Gasteiger partial charge >= 0.3 is 15.6 Å². The van der Waals surface area contributed by atoms with E-state index in [2.05, 4.69) is 13.6 Å². The summed E-state index contributed by atoms with van der Waals surface area (Å²) in [5, 5.41) is 20.2. The number of halogens is 1. The molecule has 0 amide bonds. The minimum atomic E-state index is -6.05. The van der Waals surface area contributed by atoms with E-state index in [-0.39, 0.29) is 10.9 Å². The van der Waals surface area contributed by atoms with E-state index in [0.717, 1.165) is 0 Å². The number of alkyl halides is 1. The van der Waals surface area contributed by atoms with Crippen LogP contribution in [0.15, 0.2) is 11.0 Å². The number of H-pyrrole nitrogens is 1. The third-order valence-electron chi connectivity index (χ3n) is 3.03. The Morgan fingerprint density at radius 3 is 2.64 bits per heavy atom. The van der Waals surface area contributed by atoms with Crippen molar-refractivity contribution in [2.24, 2.45) is 0 Å². The van der Waals surface area contributed by atoms with Gasteiger partial charge in [0.15, 0.2) is 17.3 Å². The Labute approximate surface area is 163 Å². The molecule has 0 spiro atoms. The van der Waals surface area contributed by atoms with E-state index >= 15 is 4.39 Å². The van der Waals surface area contributed by atoms with Gasteiger partial charge in [0.2, 0.25) is 0 Å². The second-order valence-corrected chi connectivity index (χ2v) is 8.18. The minimum absolute atomic E-state index is 0.0161. The van der Waals surface area contributed by atoms with Crippen LogP contribution < -0.4 is 5.56 Å². The highest BCUT2D eigenvalue weighted by atomic mass is 32.1. The monoisotopic (exact) mass is 469 g/mol. The second kappa shape index (κ2) is 7.93. The van der Waals surface area contributed by atoms with Gasteiger partial charge in [-0.3, -0.25) is 23.7 Å². The lowest BCUT2D eigenvalue weighted by Crippen LogP contribution is -2.42. The van der Waals surface area contributed by atoms with Crippen molar-refractivity contribution in [2.45, 2.75) is 24.3 Å². The standard InChI is InChI=1S/C10H13FN2O12P2S/c11-10(3-23-27(21,22)25-26(18,19)20)6(16)5(15)8(24-10)13-1-4(2-14)7(17)12-9(13)28/h1-2,5-6,8,15-16H,3H2,(H,21,22)(H,12,17,28)(H2,18,19,20)/t5-,6+,8-,10-/m1/s1/i3D2,8D. The van der Waals surface area contributed by atoms with Gasteiger partial charge < -0.3 is 29.6 Å². The SMILES string of the molecule is [2H]C([2H])(OP(=O)(O)OP(=O)(O)O)[C@@]1(F)O[C@@]([2H])(n2cc(C=O)c(=O)[nH]c2=S)[C@H](O)[C@@H]1O. The molecule has 14 nitrogen and oxygen atoms in total. The Kier molecular flexibility index (Phi) is 5.34. The lowest BCUT2D eigenvalue weighted by Gasteiger charge is -2.24. The van der Waals surface area contributed by atoms with Crippen LogP contribution in [0, 0.1) is 4.77 Å². The highest BCUT2D eigenvalue weighted by Crippen LogP contribution is 2.58. The van der Waals surface area contributed by atoms with Gasteiger partial charge in [-0.2, -0.15) is 4.31 Å². The molecule has 2 heterocycles. The summed E-state index contributed by atoms with van der Waals surface area (Å²) in [5.41, 5.74) is -1.75. The highest BCUT2D eigenvalue weighted by Gasteiger charge is 2.57. The number of rotatable bonds is 7. The van der Waals surface area contributed by atoms with E-state index < -0.39 is 62.4 Å². The Hall–Kier alpha value is -1.16. The van der Waals surface area contributed by atoms with Gasteiger partial charge in [0.1, 0.15) is 18.8 Å². The number of aliphatic hydroxyl groups is 2. The molecule has 1 saturated heterocycles. The van der Waals surface area contributed by atoms with E-state index in [1.807, 2.05) is 4.98 Å². The van der Waals surface area contributed by atoms with Gasteiger partial charge in [0.05, 0.1) is 9.68 Å². The van der Waals surface area contributed by atoms with Gasteiger partial charge in [-0.1, -0.05) is 0 Å². The summed E-state index contributed by atoms with van der Waals surface area (Å²) in [6, 6.07) is 0. The molecule has 0 radical (unpaired) electrons. The molecule has 1 unspecified atom stereocenters. The summed E-state index contributed by atoms with van der Waals surface area (Å²) < 4.78 is 71.8. The maximum atomic E-state index is 15.3. The van der Waals surface area contributed by atoms with Crippen LogP contribution in [0.5, 0.6) is 0 Å². The molecule has 158 valence electrons. The van der Waals surface area contributed by atoms with Crippen LogP contribution in [-0.4, -0.2) is 65.4 Å². The third kappa shape index (κ3) is 5.06. The molecule has 6 N–H and O–H groups in total. The first kappa shape index (κ1) is 18.8. The Bertz CT molecular complexity index is 1110. The number of aromatic amines is 1. The molecule has 0 aromatic carbocycles. The summed E-state index contributed by atoms with van der Waals surface area (Å²) in [6.07, 6.45) is -8.56. The van der Waals surface area contributed by atoms with Gasteiger partial charge in [-0.15, -0.1) is 0 Å². The van der Waals surface area contributed by atoms with Crippen molar-refractivity contribution >= 4 is 34.1 Å². The van der Waals surface area contributed by atoms with Gasteiger partial charge in [0.25, 0.3) is 11.4 Å². The zero-order chi connectivity index (χ0) is 24.2. The van der Waals surface area contributed by atoms with E-state index in [4.69, 9.17) is 26.1 Å². The van der Waals surface area contributed by atoms with Crippen LogP contribution in [-0.2, 0) is 22.7 Å². The summed E-state index contributed by atoms with van der Waals surface area (Å²) in [4.78, 5) is 50.8. The normalized spacial score (nSPS) is 34.9. The molecule has 1 aliphatic rings. The zero-order valence-corrected chi connectivity index (χ0v) is 15.6. The molecule has 1 aliphatic heterocycles. The number of carbonyl (C=O) groups excluding carboxylic acids is 1. The lowest BCUT2D eigenvalue weighted by molar-refractivity contribution is -0.204. The first-order valence-electron chi connectivity index (χ1n) is 8.17. The summed E-state index contributed by atoms with van der Waals surface area (Å²) in [7, 11) is -11.8. The first-order valence-corrected chi connectivity index (χ1v) is 10.1. The van der Waals surface area contributed by atoms with Crippen LogP contribution in [0.2, 0.25) is 0 Å². The molecule has 1 aromatic heterocycles. The third-order valence-corrected chi connectivity index (χ3v) is 5.33. The number of nitrogens with one attached hydrogen (secondary N) is 1. The van der Waals surface area contributed by atoms with Crippen molar-refractivity contribution in [3.05, 3.63) is 26.9 Å². The molecular formula is C10H13FN2O12P2S. The maximum Gasteiger partial charge on any atom is 0.481 e. The molecule has 28 heavy (non-hydrogen) atoms. The van der Waals surface area contributed by atoms with Crippen molar-refractivity contribution in [3.63, 3.8) is 0 Å². The molecule has 18 heteroatoms. The highest BCUT2D eigenvalue weighted by molar-refractivity contribution is 7.71. The smallest absolute Gasteiger partial charge is 0.385 e. The van der Waals surface area contributed by atoms with E-state index in [1.165, 1.54) is 0 Å². The zero-order valence-electron chi connectivity index (χ0n) is 16.0. The van der Waals surface area contributed by atoms with Crippen LogP contribution >= 0.6 is 27.9 Å². The first-order chi connectivity index (χ1) is 13.8. The maximum absolute atomic E-state index is 15.3. The van der Waals surface area contributed by atoms with Crippen molar-refractivity contribution in [1.82, 2.24) is 9.55 Å². The quantitative estimate of drug-likeness (QED) is 0.158. The number of phosphoric acid groups is 2. The molecule has 0 bridgehead atoms. The van der Waals surface area contributed by atoms with Gasteiger partial charge in [0, 0.05) is 6.20 Å².